The Kier molecular flexibility index (Phi) is 2.31. The number of rotatable bonds is 1. The second-order valence-corrected chi connectivity index (χ2v) is 5.15. The second-order valence-electron chi connectivity index (χ2n) is 5.15. The molecule has 1 saturated carbocycles. The Labute approximate surface area is 96.3 Å². The van der Waals surface area contributed by atoms with E-state index < -0.39 is 0 Å². The predicted octanol–water partition coefficient (Wildman–Crippen LogP) is 3.86. The van der Waals surface area contributed by atoms with Gasteiger partial charge in [0.2, 0.25) is 0 Å². The van der Waals surface area contributed by atoms with Crippen molar-refractivity contribution in [2.45, 2.75) is 44.1 Å². The largest absolute Gasteiger partial charge is 0.495 e. The van der Waals surface area contributed by atoms with Gasteiger partial charge >= 0.3 is 0 Å². The smallest absolute Gasteiger partial charge is 0.111 e. The van der Waals surface area contributed by atoms with Gasteiger partial charge in [0.25, 0.3) is 0 Å². The van der Waals surface area contributed by atoms with Gasteiger partial charge < -0.3 is 9.15 Å². The van der Waals surface area contributed by atoms with Crippen molar-refractivity contribution in [1.29, 1.82) is 0 Å². The van der Waals surface area contributed by atoms with Crippen LogP contribution in [0.3, 0.4) is 0 Å². The van der Waals surface area contributed by atoms with E-state index in [1.165, 1.54) is 25.7 Å². The average Bonchev–Trinajstić information content (AvgIpc) is 2.80. The maximum atomic E-state index is 5.88. The van der Waals surface area contributed by atoms with Gasteiger partial charge in [-0.2, -0.15) is 0 Å². The highest BCUT2D eigenvalue weighted by Crippen LogP contribution is 2.47. The van der Waals surface area contributed by atoms with Crippen LogP contribution >= 0.6 is 0 Å². The van der Waals surface area contributed by atoms with Gasteiger partial charge in [0.15, 0.2) is 0 Å². The van der Waals surface area contributed by atoms with Crippen LogP contribution in [-0.2, 0) is 4.74 Å². The molecule has 1 aromatic rings. The van der Waals surface area contributed by atoms with Crippen LogP contribution in [0, 0.1) is 5.92 Å². The molecular formula is C14H18O2. The normalized spacial score (nSPS) is 37.8. The molecule has 16 heavy (non-hydrogen) atoms. The summed E-state index contributed by atoms with van der Waals surface area (Å²) < 4.78 is 11.4. The van der Waals surface area contributed by atoms with E-state index in [0.717, 1.165) is 5.76 Å². The number of allylic oxidation sites excluding steroid dienone is 1. The van der Waals surface area contributed by atoms with E-state index in [1.54, 1.807) is 6.26 Å². The summed E-state index contributed by atoms with van der Waals surface area (Å²) in [4.78, 5) is 0. The molecule has 3 rings (SSSR count). The maximum Gasteiger partial charge on any atom is 0.111 e. The van der Waals surface area contributed by atoms with E-state index >= 15 is 0 Å². The first kappa shape index (κ1) is 10.0. The minimum atomic E-state index is 0.0183. The minimum Gasteiger partial charge on any atom is -0.495 e. The zero-order valence-electron chi connectivity index (χ0n) is 9.69. The van der Waals surface area contributed by atoms with Gasteiger partial charge in [-0.15, -0.1) is 0 Å². The van der Waals surface area contributed by atoms with E-state index in [9.17, 15) is 0 Å². The van der Waals surface area contributed by atoms with Crippen LogP contribution < -0.4 is 0 Å². The van der Waals surface area contributed by atoms with E-state index in [1.807, 2.05) is 12.3 Å². The maximum absolute atomic E-state index is 5.88. The molecule has 2 nitrogen and oxygen atoms in total. The molecule has 2 heteroatoms. The first-order valence-corrected chi connectivity index (χ1v) is 6.17. The zero-order valence-corrected chi connectivity index (χ0v) is 9.69. The number of fused-ring (bicyclic) bond motifs is 1. The molecule has 0 spiro atoms. The van der Waals surface area contributed by atoms with Crippen LogP contribution in [0.25, 0.3) is 0 Å². The van der Waals surface area contributed by atoms with Crippen molar-refractivity contribution in [3.63, 3.8) is 0 Å². The molecule has 0 aromatic carbocycles. The van der Waals surface area contributed by atoms with Crippen LogP contribution in [0.5, 0.6) is 0 Å². The molecule has 3 atom stereocenters. The van der Waals surface area contributed by atoms with Crippen LogP contribution in [0.1, 0.15) is 44.3 Å². The number of ether oxygens (including phenoxy) is 1. The lowest BCUT2D eigenvalue weighted by molar-refractivity contribution is -0.0634. The SMILES string of the molecule is C[C@@]12CCCC[C@H]1[C@H](c1ccco1)C=CO2. The van der Waals surface area contributed by atoms with Gasteiger partial charge in [0, 0.05) is 11.8 Å². The summed E-state index contributed by atoms with van der Waals surface area (Å²) in [6, 6.07) is 4.05. The lowest BCUT2D eigenvalue weighted by atomic mass is 9.68. The Morgan fingerprint density at radius 1 is 1.38 bits per heavy atom. The molecule has 2 heterocycles. The predicted molar refractivity (Wildman–Crippen MR) is 62.0 cm³/mol. The molecule has 1 aliphatic heterocycles. The molecule has 0 saturated heterocycles. The van der Waals surface area contributed by atoms with Crippen LogP contribution in [0.15, 0.2) is 35.2 Å². The highest BCUT2D eigenvalue weighted by atomic mass is 16.5. The molecule has 0 unspecified atom stereocenters. The molecule has 0 amide bonds. The molecule has 0 N–H and O–H groups in total. The van der Waals surface area contributed by atoms with Crippen molar-refractivity contribution >= 4 is 0 Å². The lowest BCUT2D eigenvalue weighted by Gasteiger charge is -2.45. The van der Waals surface area contributed by atoms with Crippen molar-refractivity contribution in [2.24, 2.45) is 5.92 Å². The van der Waals surface area contributed by atoms with E-state index in [2.05, 4.69) is 19.1 Å². The van der Waals surface area contributed by atoms with Gasteiger partial charge in [0.05, 0.1) is 12.5 Å². The van der Waals surface area contributed by atoms with Crippen molar-refractivity contribution in [1.82, 2.24) is 0 Å². The van der Waals surface area contributed by atoms with Gasteiger partial charge in [-0.3, -0.25) is 0 Å². The van der Waals surface area contributed by atoms with E-state index in [0.29, 0.717) is 11.8 Å². The first-order valence-electron chi connectivity index (χ1n) is 6.17. The van der Waals surface area contributed by atoms with Crippen molar-refractivity contribution in [2.75, 3.05) is 0 Å². The molecule has 1 aliphatic carbocycles. The van der Waals surface area contributed by atoms with Crippen molar-refractivity contribution < 1.29 is 9.15 Å². The van der Waals surface area contributed by atoms with Crippen LogP contribution in [0.4, 0.5) is 0 Å². The lowest BCUT2D eigenvalue weighted by Crippen LogP contribution is -2.43. The highest BCUT2D eigenvalue weighted by Gasteiger charge is 2.44. The van der Waals surface area contributed by atoms with Gasteiger partial charge in [-0.05, 0) is 44.4 Å². The quantitative estimate of drug-likeness (QED) is 0.714. The Morgan fingerprint density at radius 3 is 3.12 bits per heavy atom. The Bertz CT molecular complexity index is 379. The molecule has 86 valence electrons. The topological polar surface area (TPSA) is 22.4 Å². The third-order valence-corrected chi connectivity index (χ3v) is 4.15. The molecule has 2 aliphatic rings. The number of hydrogen-bond donors (Lipinski definition) is 0. The Morgan fingerprint density at radius 2 is 2.31 bits per heavy atom. The number of furan rings is 1. The second kappa shape index (κ2) is 3.69. The minimum absolute atomic E-state index is 0.0183. The molecule has 1 aromatic heterocycles. The van der Waals surface area contributed by atoms with Gasteiger partial charge in [-0.25, -0.2) is 0 Å². The van der Waals surface area contributed by atoms with E-state index in [4.69, 9.17) is 9.15 Å². The molecule has 1 fully saturated rings. The molecule has 0 radical (unpaired) electrons. The first-order chi connectivity index (χ1) is 7.80. The van der Waals surface area contributed by atoms with Gasteiger partial charge in [0.1, 0.15) is 11.4 Å². The summed E-state index contributed by atoms with van der Waals surface area (Å²) in [5.41, 5.74) is 0.0183. The van der Waals surface area contributed by atoms with Crippen molar-refractivity contribution in [3.05, 3.63) is 36.5 Å². The standard InChI is InChI=1S/C14H18O2/c1-14-8-3-2-5-12(14)11(7-10-16-14)13-6-4-9-15-13/h4,6-7,9-12H,2-3,5,8H2,1H3/t11-,12+,14-/m1/s1. The highest BCUT2D eigenvalue weighted by molar-refractivity contribution is 5.19. The Balaban J connectivity index is 1.94. The monoisotopic (exact) mass is 218 g/mol. The third kappa shape index (κ3) is 1.48. The summed E-state index contributed by atoms with van der Waals surface area (Å²) in [7, 11) is 0. The van der Waals surface area contributed by atoms with Gasteiger partial charge in [-0.1, -0.05) is 6.42 Å². The summed E-state index contributed by atoms with van der Waals surface area (Å²) in [5, 5.41) is 0. The summed E-state index contributed by atoms with van der Waals surface area (Å²) in [6.07, 6.45) is 10.8. The van der Waals surface area contributed by atoms with Crippen LogP contribution in [-0.4, -0.2) is 5.60 Å². The Hall–Kier alpha value is -1.18. The fourth-order valence-electron chi connectivity index (χ4n) is 3.22. The molecular weight excluding hydrogens is 200 g/mol. The third-order valence-electron chi connectivity index (χ3n) is 4.15. The summed E-state index contributed by atoms with van der Waals surface area (Å²) in [5.74, 6) is 2.05. The van der Waals surface area contributed by atoms with Crippen molar-refractivity contribution in [3.8, 4) is 0 Å². The zero-order chi connectivity index (χ0) is 11.0. The van der Waals surface area contributed by atoms with Crippen LogP contribution in [0.2, 0.25) is 0 Å². The average molecular weight is 218 g/mol. The fraction of sp³-hybridized carbons (Fsp3) is 0.571. The fourth-order valence-corrected chi connectivity index (χ4v) is 3.22. The summed E-state index contributed by atoms with van der Waals surface area (Å²) in [6.45, 7) is 2.25. The molecule has 0 bridgehead atoms. The summed E-state index contributed by atoms with van der Waals surface area (Å²) >= 11 is 0. The van der Waals surface area contributed by atoms with E-state index in [-0.39, 0.29) is 5.60 Å². The number of hydrogen-bond acceptors (Lipinski definition) is 2.